The summed E-state index contributed by atoms with van der Waals surface area (Å²) in [5, 5.41) is 10.5. The number of carbonyl (C=O) groups is 1. The summed E-state index contributed by atoms with van der Waals surface area (Å²) < 4.78 is 12.2. The Bertz CT molecular complexity index is 473. The van der Waals surface area contributed by atoms with Gasteiger partial charge in [-0.25, -0.2) is 0 Å². The van der Waals surface area contributed by atoms with Crippen molar-refractivity contribution in [2.75, 3.05) is 0 Å². The minimum atomic E-state index is -1.02. The fourth-order valence-electron chi connectivity index (χ4n) is 5.73. The Labute approximate surface area is 113 Å². The van der Waals surface area contributed by atoms with Crippen LogP contribution in [0.4, 0.5) is 0 Å². The van der Waals surface area contributed by atoms with Crippen LogP contribution in [0.5, 0.6) is 0 Å². The first kappa shape index (κ1) is 12.3. The topological polar surface area (TPSA) is 55.8 Å². The lowest BCUT2D eigenvalue weighted by atomic mass is 9.48. The normalized spacial score (nSPS) is 61.5. The highest BCUT2D eigenvalue weighted by Crippen LogP contribution is 2.71. The molecule has 4 nitrogen and oxygen atoms in total. The van der Waals surface area contributed by atoms with Gasteiger partial charge in [-0.3, -0.25) is 4.79 Å². The largest absolute Gasteiger partial charge is 0.390 e. The van der Waals surface area contributed by atoms with E-state index in [1.54, 1.807) is 0 Å². The lowest BCUT2D eigenvalue weighted by Gasteiger charge is -2.54. The Hall–Kier alpha value is -0.450. The average molecular weight is 266 g/mol. The molecule has 1 aliphatic carbocycles. The molecule has 4 heteroatoms. The molecule has 2 bridgehead atoms. The zero-order chi connectivity index (χ0) is 13.8. The van der Waals surface area contributed by atoms with Crippen molar-refractivity contribution in [3.8, 4) is 0 Å². The maximum Gasteiger partial charge on any atom is 0.199 e. The number of ether oxygens (including phenoxy) is 2. The van der Waals surface area contributed by atoms with Gasteiger partial charge in [-0.1, -0.05) is 13.8 Å². The fraction of sp³-hybridized carbons (Fsp3) is 0.933. The molecule has 3 saturated heterocycles. The summed E-state index contributed by atoms with van der Waals surface area (Å²) in [6, 6.07) is 0. The van der Waals surface area contributed by atoms with Crippen molar-refractivity contribution in [1.82, 2.24) is 0 Å². The van der Waals surface area contributed by atoms with Crippen molar-refractivity contribution in [3.63, 3.8) is 0 Å². The number of carbonyl (C=O) groups excluding carboxylic acids is 1. The minimum Gasteiger partial charge on any atom is -0.390 e. The number of hydrogen-bond acceptors (Lipinski definition) is 4. The molecule has 3 aliphatic heterocycles. The fourth-order valence-corrected chi connectivity index (χ4v) is 5.73. The quantitative estimate of drug-likeness (QED) is 0.718. The van der Waals surface area contributed by atoms with Gasteiger partial charge in [0.05, 0.1) is 17.8 Å². The van der Waals surface area contributed by atoms with Gasteiger partial charge in [0.2, 0.25) is 0 Å². The molecule has 1 saturated carbocycles. The van der Waals surface area contributed by atoms with E-state index in [4.69, 9.17) is 9.47 Å². The Morgan fingerprint density at radius 3 is 2.58 bits per heavy atom. The van der Waals surface area contributed by atoms with Crippen molar-refractivity contribution in [2.45, 2.75) is 70.1 Å². The zero-order valence-electron chi connectivity index (χ0n) is 12.0. The number of aliphatic hydroxyl groups excluding tert-OH is 1. The van der Waals surface area contributed by atoms with Crippen LogP contribution in [0.3, 0.4) is 0 Å². The van der Waals surface area contributed by atoms with Crippen LogP contribution < -0.4 is 0 Å². The predicted molar refractivity (Wildman–Crippen MR) is 67.6 cm³/mol. The van der Waals surface area contributed by atoms with Crippen molar-refractivity contribution in [1.29, 1.82) is 0 Å². The van der Waals surface area contributed by atoms with Gasteiger partial charge in [0.1, 0.15) is 6.10 Å². The van der Waals surface area contributed by atoms with Gasteiger partial charge in [0.15, 0.2) is 11.4 Å². The number of rotatable bonds is 0. The second kappa shape index (κ2) is 3.07. The summed E-state index contributed by atoms with van der Waals surface area (Å²) >= 11 is 0. The van der Waals surface area contributed by atoms with Crippen molar-refractivity contribution < 1.29 is 19.4 Å². The lowest BCUT2D eigenvalue weighted by Crippen LogP contribution is -2.66. The van der Waals surface area contributed by atoms with Gasteiger partial charge < -0.3 is 14.6 Å². The van der Waals surface area contributed by atoms with Crippen LogP contribution in [0, 0.1) is 17.3 Å². The van der Waals surface area contributed by atoms with E-state index in [1.165, 1.54) is 0 Å². The number of Topliss-reactive ketones (excluding diaryl/α,β-unsaturated/α-hetero) is 1. The van der Waals surface area contributed by atoms with Gasteiger partial charge in [0.25, 0.3) is 0 Å². The maximum atomic E-state index is 12.8. The monoisotopic (exact) mass is 266 g/mol. The van der Waals surface area contributed by atoms with E-state index in [0.29, 0.717) is 12.3 Å². The van der Waals surface area contributed by atoms with E-state index in [2.05, 4.69) is 27.7 Å². The zero-order valence-corrected chi connectivity index (χ0v) is 12.0. The molecule has 0 aromatic rings. The third kappa shape index (κ3) is 0.988. The van der Waals surface area contributed by atoms with Crippen molar-refractivity contribution >= 4 is 5.78 Å². The number of ketones is 1. The smallest absolute Gasteiger partial charge is 0.199 e. The van der Waals surface area contributed by atoms with Crippen LogP contribution in [-0.4, -0.2) is 40.4 Å². The lowest BCUT2D eigenvalue weighted by molar-refractivity contribution is -0.182. The molecule has 4 rings (SSSR count). The first-order chi connectivity index (χ1) is 8.77. The minimum absolute atomic E-state index is 0.0131. The maximum absolute atomic E-state index is 12.8. The van der Waals surface area contributed by atoms with E-state index < -0.39 is 17.8 Å². The van der Waals surface area contributed by atoms with Gasteiger partial charge in [-0.2, -0.15) is 0 Å². The molecule has 0 aromatic carbocycles. The molecule has 7 unspecified atom stereocenters. The number of fused-ring (bicyclic) bond motifs is 1. The molecule has 4 fully saturated rings. The molecule has 0 aromatic heterocycles. The van der Waals surface area contributed by atoms with Gasteiger partial charge in [0, 0.05) is 11.3 Å². The number of hydrogen-bond donors (Lipinski definition) is 1. The van der Waals surface area contributed by atoms with Gasteiger partial charge in [-0.05, 0) is 32.6 Å². The highest BCUT2D eigenvalue weighted by molar-refractivity contribution is 5.97. The van der Waals surface area contributed by atoms with E-state index in [-0.39, 0.29) is 28.8 Å². The molecule has 3 heterocycles. The Kier molecular flexibility index (Phi) is 1.99. The molecule has 0 radical (unpaired) electrons. The molecular formula is C15H22O4. The molecule has 19 heavy (non-hydrogen) atoms. The Morgan fingerprint density at radius 1 is 1.21 bits per heavy atom. The molecule has 1 N–H and O–H groups in total. The summed E-state index contributed by atoms with van der Waals surface area (Å²) in [6.45, 7) is 8.44. The molecule has 4 aliphatic rings. The van der Waals surface area contributed by atoms with E-state index >= 15 is 0 Å². The van der Waals surface area contributed by atoms with Crippen LogP contribution in [0.1, 0.15) is 40.5 Å². The van der Waals surface area contributed by atoms with Crippen molar-refractivity contribution in [3.05, 3.63) is 0 Å². The molecule has 0 amide bonds. The van der Waals surface area contributed by atoms with E-state index in [1.807, 2.05) is 0 Å². The average Bonchev–Trinajstić information content (AvgIpc) is 2.84. The standard InChI is InChI=1S/C15H22O4/c1-7-5-6-8(16)15-12(17)10-9(19-15)11(14(7,15)4)13(2,3)18-10/h7-11,16H,5-6H2,1-4H3. The second-order valence-corrected chi connectivity index (χ2v) is 7.58. The third-order valence-electron chi connectivity index (χ3n) is 6.57. The third-order valence-corrected chi connectivity index (χ3v) is 6.57. The Balaban J connectivity index is 1.97. The predicted octanol–water partition coefficient (Wildman–Crippen LogP) is 1.30. The van der Waals surface area contributed by atoms with Crippen LogP contribution in [0.2, 0.25) is 0 Å². The summed E-state index contributed by atoms with van der Waals surface area (Å²) in [4.78, 5) is 12.8. The van der Waals surface area contributed by atoms with Gasteiger partial charge >= 0.3 is 0 Å². The van der Waals surface area contributed by atoms with Crippen LogP contribution in [0.25, 0.3) is 0 Å². The highest BCUT2D eigenvalue weighted by Gasteiger charge is 2.84. The van der Waals surface area contributed by atoms with Crippen molar-refractivity contribution in [2.24, 2.45) is 17.3 Å². The van der Waals surface area contributed by atoms with E-state index in [9.17, 15) is 9.90 Å². The Morgan fingerprint density at radius 2 is 1.89 bits per heavy atom. The van der Waals surface area contributed by atoms with E-state index in [0.717, 1.165) is 6.42 Å². The molecular weight excluding hydrogens is 244 g/mol. The second-order valence-electron chi connectivity index (χ2n) is 7.58. The summed E-state index contributed by atoms with van der Waals surface area (Å²) in [6.07, 6.45) is 0.279. The highest BCUT2D eigenvalue weighted by atomic mass is 16.6. The summed E-state index contributed by atoms with van der Waals surface area (Å²) in [5.74, 6) is 0.533. The summed E-state index contributed by atoms with van der Waals surface area (Å²) in [5.41, 5.74) is -1.69. The SMILES string of the molecule is CC1CCC(O)C23OC4C(OC(C)(C)C4C12C)C3=O. The first-order valence-corrected chi connectivity index (χ1v) is 7.35. The van der Waals surface area contributed by atoms with Crippen LogP contribution in [0.15, 0.2) is 0 Å². The first-order valence-electron chi connectivity index (χ1n) is 7.35. The molecule has 106 valence electrons. The van der Waals surface area contributed by atoms with Crippen LogP contribution in [-0.2, 0) is 14.3 Å². The van der Waals surface area contributed by atoms with Crippen LogP contribution >= 0.6 is 0 Å². The summed E-state index contributed by atoms with van der Waals surface area (Å²) in [7, 11) is 0. The molecule has 1 spiro atoms. The van der Waals surface area contributed by atoms with Gasteiger partial charge in [-0.15, -0.1) is 0 Å². The number of aliphatic hydroxyl groups is 1. The molecule has 7 atom stereocenters.